The van der Waals surface area contributed by atoms with E-state index in [0.717, 1.165) is 86.1 Å². The molecule has 2 aliphatic heterocycles. The summed E-state index contributed by atoms with van der Waals surface area (Å²) in [5.41, 5.74) is 9.31. The Kier molecular flexibility index (Phi) is 7.21. The van der Waals surface area contributed by atoms with Crippen molar-refractivity contribution in [3.05, 3.63) is 36.8 Å². The minimum Gasteiger partial charge on any atom is -0.491 e. The Balaban J connectivity index is 1.19. The number of benzene rings is 1. The predicted octanol–water partition coefficient (Wildman–Crippen LogP) is 4.22. The largest absolute Gasteiger partial charge is 0.491 e. The van der Waals surface area contributed by atoms with Crippen molar-refractivity contribution in [1.29, 1.82) is 0 Å². The number of hydrogen-bond acceptors (Lipinski definition) is 8. The molecule has 1 saturated carbocycles. The maximum atomic E-state index is 12.2. The summed E-state index contributed by atoms with van der Waals surface area (Å²) in [4.78, 5) is 23.4. The van der Waals surface area contributed by atoms with Crippen LogP contribution in [0.1, 0.15) is 51.0 Å². The lowest BCUT2D eigenvalue weighted by molar-refractivity contribution is -0.146. The molecule has 38 heavy (non-hydrogen) atoms. The molecule has 3 aliphatic rings. The van der Waals surface area contributed by atoms with Gasteiger partial charge in [0.25, 0.3) is 0 Å². The lowest BCUT2D eigenvalue weighted by atomic mass is 9.79. The Morgan fingerprint density at radius 1 is 1.18 bits per heavy atom. The molecule has 0 spiro atoms. The lowest BCUT2D eigenvalue weighted by Crippen LogP contribution is -2.43. The smallest absolute Gasteiger partial charge is 0.323 e. The van der Waals surface area contributed by atoms with Crippen molar-refractivity contribution in [2.45, 2.75) is 63.1 Å². The molecule has 4 heterocycles. The molecule has 2 aromatic heterocycles. The van der Waals surface area contributed by atoms with E-state index in [9.17, 15) is 4.79 Å². The number of nitrogens with two attached hydrogens (primary N) is 1. The van der Waals surface area contributed by atoms with Crippen molar-refractivity contribution >= 4 is 22.8 Å². The van der Waals surface area contributed by atoms with E-state index in [1.807, 2.05) is 12.1 Å². The number of esters is 1. The summed E-state index contributed by atoms with van der Waals surface area (Å²) in [6, 6.07) is 8.40. The minimum atomic E-state index is -0.107. The van der Waals surface area contributed by atoms with Crippen molar-refractivity contribution in [2.75, 3.05) is 39.1 Å². The van der Waals surface area contributed by atoms with E-state index in [-0.39, 0.29) is 18.1 Å². The Morgan fingerprint density at radius 2 is 2.08 bits per heavy atom. The fraction of sp³-hybridized carbons (Fsp3) is 0.552. The number of aromatic nitrogens is 3. The average Bonchev–Trinajstić information content (AvgIpc) is 3.55. The van der Waals surface area contributed by atoms with E-state index >= 15 is 0 Å². The van der Waals surface area contributed by atoms with Crippen molar-refractivity contribution < 1.29 is 19.0 Å². The Hall–Kier alpha value is -3.17. The number of anilines is 1. The fourth-order valence-electron chi connectivity index (χ4n) is 6.34. The van der Waals surface area contributed by atoms with Crippen molar-refractivity contribution in [1.82, 2.24) is 19.4 Å². The molecule has 3 aromatic rings. The summed E-state index contributed by atoms with van der Waals surface area (Å²) < 4.78 is 19.2. The minimum absolute atomic E-state index is 0.0928. The Bertz CT molecular complexity index is 1280. The molecule has 1 aromatic carbocycles. The third-order valence-corrected chi connectivity index (χ3v) is 8.43. The number of methoxy groups -OCH3 is 1. The molecule has 0 bridgehead atoms. The van der Waals surface area contributed by atoms with E-state index in [1.165, 1.54) is 13.5 Å². The first-order valence-corrected chi connectivity index (χ1v) is 13.9. The van der Waals surface area contributed by atoms with E-state index < -0.39 is 0 Å². The fourth-order valence-corrected chi connectivity index (χ4v) is 6.34. The first kappa shape index (κ1) is 25.1. The molecule has 2 N–H and O–H groups in total. The molecule has 2 saturated heterocycles. The van der Waals surface area contributed by atoms with Gasteiger partial charge in [0.2, 0.25) is 0 Å². The van der Waals surface area contributed by atoms with Crippen LogP contribution in [0.4, 0.5) is 5.82 Å². The highest BCUT2D eigenvalue weighted by Crippen LogP contribution is 2.44. The highest BCUT2D eigenvalue weighted by molar-refractivity contribution is 6.00. The van der Waals surface area contributed by atoms with Gasteiger partial charge in [-0.05, 0) is 75.1 Å². The number of ether oxygens (including phenoxy) is 3. The van der Waals surface area contributed by atoms with Gasteiger partial charge in [-0.1, -0.05) is 12.1 Å². The Labute approximate surface area is 223 Å². The van der Waals surface area contributed by atoms with Crippen molar-refractivity contribution in [3.8, 4) is 16.9 Å². The van der Waals surface area contributed by atoms with Crippen LogP contribution < -0.4 is 10.5 Å². The van der Waals surface area contributed by atoms with Crippen LogP contribution in [0.5, 0.6) is 5.75 Å². The zero-order valence-electron chi connectivity index (χ0n) is 22.1. The Morgan fingerprint density at radius 3 is 2.89 bits per heavy atom. The molecule has 2 unspecified atom stereocenters. The lowest BCUT2D eigenvalue weighted by Gasteiger charge is -2.39. The van der Waals surface area contributed by atoms with Gasteiger partial charge < -0.3 is 24.5 Å². The van der Waals surface area contributed by atoms with Crippen LogP contribution in [0.15, 0.2) is 36.8 Å². The molecule has 9 heteroatoms. The number of rotatable bonds is 8. The second-order valence-electron chi connectivity index (χ2n) is 10.9. The molecular weight excluding hydrogens is 482 g/mol. The molecule has 0 amide bonds. The number of carbonyl (C=O) groups is 1. The number of carbonyl (C=O) groups excluding carboxylic acids is 1. The van der Waals surface area contributed by atoms with Crippen LogP contribution in [-0.2, 0) is 14.3 Å². The van der Waals surface area contributed by atoms with Gasteiger partial charge in [0.1, 0.15) is 36.2 Å². The number of nitrogens with zero attached hydrogens (tertiary/aromatic N) is 4. The summed E-state index contributed by atoms with van der Waals surface area (Å²) in [6.07, 6.45) is 11.3. The molecular formula is C29H37N5O4. The zero-order valence-corrected chi connectivity index (χ0v) is 22.1. The van der Waals surface area contributed by atoms with Gasteiger partial charge in [-0.3, -0.25) is 9.69 Å². The first-order valence-electron chi connectivity index (χ1n) is 13.9. The van der Waals surface area contributed by atoms with Gasteiger partial charge in [-0.2, -0.15) is 0 Å². The predicted molar refractivity (Wildman–Crippen MR) is 145 cm³/mol. The van der Waals surface area contributed by atoms with Gasteiger partial charge in [0, 0.05) is 31.0 Å². The third kappa shape index (κ3) is 4.97. The van der Waals surface area contributed by atoms with Gasteiger partial charge in [-0.15, -0.1) is 0 Å². The average molecular weight is 520 g/mol. The number of likely N-dealkylation sites (tertiary alicyclic amines) is 1. The molecule has 6 rings (SSSR count). The van der Waals surface area contributed by atoms with Crippen molar-refractivity contribution in [3.63, 3.8) is 0 Å². The first-order chi connectivity index (χ1) is 18.6. The summed E-state index contributed by atoms with van der Waals surface area (Å²) >= 11 is 0. The number of hydrogen-bond donors (Lipinski definition) is 1. The topological polar surface area (TPSA) is 105 Å². The van der Waals surface area contributed by atoms with Crippen LogP contribution in [0, 0.1) is 5.92 Å². The summed E-state index contributed by atoms with van der Waals surface area (Å²) in [6.45, 7) is 3.28. The molecule has 2 atom stereocenters. The van der Waals surface area contributed by atoms with Gasteiger partial charge in [0.05, 0.1) is 18.6 Å². The summed E-state index contributed by atoms with van der Waals surface area (Å²) in [5.74, 6) is 1.75. The summed E-state index contributed by atoms with van der Waals surface area (Å²) in [7, 11) is 1.48. The second kappa shape index (κ2) is 10.9. The maximum absolute atomic E-state index is 12.2. The van der Waals surface area contributed by atoms with E-state index in [1.54, 1.807) is 6.33 Å². The van der Waals surface area contributed by atoms with Crippen LogP contribution in [0.2, 0.25) is 0 Å². The van der Waals surface area contributed by atoms with Gasteiger partial charge >= 0.3 is 5.97 Å². The van der Waals surface area contributed by atoms with E-state index in [4.69, 9.17) is 19.9 Å². The molecule has 0 radical (unpaired) electrons. The third-order valence-electron chi connectivity index (χ3n) is 8.43. The second-order valence-corrected chi connectivity index (χ2v) is 10.9. The standard InChI is InChI=1S/C29H37N5O4/c1-36-29(35)25-9-5-10-33(25)15-19-12-21(13-19)34-16-24(26-27(30)31-18-32-28(26)34)20-6-4-8-22(14-20)38-17-23-7-2-3-11-37-23/h4,6,8,14,16,18-19,21,23,25H,2-3,5,7,9-13,15,17H2,1H3,(H2,30,31,32). The highest BCUT2D eigenvalue weighted by atomic mass is 16.5. The maximum Gasteiger partial charge on any atom is 0.323 e. The van der Waals surface area contributed by atoms with Crippen LogP contribution in [0.25, 0.3) is 22.2 Å². The monoisotopic (exact) mass is 519 g/mol. The summed E-state index contributed by atoms with van der Waals surface area (Å²) in [5, 5.41) is 0.883. The zero-order chi connectivity index (χ0) is 26.1. The number of nitrogen functional groups attached to an aromatic ring is 1. The van der Waals surface area contributed by atoms with Crippen LogP contribution in [-0.4, -0.2) is 71.0 Å². The van der Waals surface area contributed by atoms with Crippen LogP contribution >= 0.6 is 0 Å². The molecule has 1 aliphatic carbocycles. The van der Waals surface area contributed by atoms with Gasteiger partial charge in [0.15, 0.2) is 0 Å². The van der Waals surface area contributed by atoms with Crippen molar-refractivity contribution in [2.24, 2.45) is 5.92 Å². The number of fused-ring (bicyclic) bond motifs is 1. The van der Waals surface area contributed by atoms with E-state index in [0.29, 0.717) is 24.4 Å². The normalized spacial score (nSPS) is 25.8. The quantitative estimate of drug-likeness (QED) is 0.441. The van der Waals surface area contributed by atoms with Gasteiger partial charge in [-0.25, -0.2) is 9.97 Å². The molecule has 3 fully saturated rings. The van der Waals surface area contributed by atoms with E-state index in [2.05, 4.69) is 37.8 Å². The van der Waals surface area contributed by atoms with Crippen LogP contribution in [0.3, 0.4) is 0 Å². The molecule has 202 valence electrons. The SMILES string of the molecule is COC(=O)C1CCCN1CC1CC(n2cc(-c3cccc(OCC4CCCCO4)c3)c3c(N)ncnc32)C1. The molecule has 9 nitrogen and oxygen atoms in total. The highest BCUT2D eigenvalue weighted by Gasteiger charge is 2.38.